The van der Waals surface area contributed by atoms with E-state index in [2.05, 4.69) is 14.9 Å². The third-order valence-corrected chi connectivity index (χ3v) is 5.43. The van der Waals surface area contributed by atoms with E-state index >= 15 is 0 Å². The van der Waals surface area contributed by atoms with Crippen molar-refractivity contribution in [3.05, 3.63) is 54.4 Å². The molecule has 2 aliphatic heterocycles. The van der Waals surface area contributed by atoms with Crippen LogP contribution < -0.4 is 4.74 Å². The molecule has 1 aromatic carbocycles. The van der Waals surface area contributed by atoms with Gasteiger partial charge >= 0.3 is 0 Å². The Morgan fingerprint density at radius 1 is 1.14 bits per heavy atom. The normalized spacial score (nSPS) is 21.3. The molecule has 7 nitrogen and oxygen atoms in total. The number of amides is 1. The lowest BCUT2D eigenvalue weighted by Crippen LogP contribution is -2.55. The molecule has 1 aromatic heterocycles. The highest BCUT2D eigenvalue weighted by Gasteiger charge is 2.33. The number of morpholine rings is 1. The van der Waals surface area contributed by atoms with Crippen LogP contribution in [0.1, 0.15) is 18.4 Å². The van der Waals surface area contributed by atoms with Gasteiger partial charge in [0, 0.05) is 43.6 Å². The zero-order valence-electron chi connectivity index (χ0n) is 16.2. The molecule has 1 amide bonds. The van der Waals surface area contributed by atoms with Crippen LogP contribution in [0.2, 0.25) is 0 Å². The van der Waals surface area contributed by atoms with Gasteiger partial charge in [0.1, 0.15) is 37.2 Å². The Morgan fingerprint density at radius 3 is 2.59 bits per heavy atom. The lowest BCUT2D eigenvalue weighted by molar-refractivity contribution is -0.155. The molecule has 8 heteroatoms. The first-order valence-corrected chi connectivity index (χ1v) is 9.93. The van der Waals surface area contributed by atoms with Gasteiger partial charge in [-0.2, -0.15) is 0 Å². The molecule has 0 aliphatic carbocycles. The van der Waals surface area contributed by atoms with Crippen LogP contribution in [-0.2, 0) is 16.1 Å². The molecule has 2 fully saturated rings. The summed E-state index contributed by atoms with van der Waals surface area (Å²) in [5.41, 5.74) is 1.10. The molecule has 2 aliphatic rings. The number of likely N-dealkylation sites (tertiary alicyclic amines) is 1. The Morgan fingerprint density at radius 2 is 1.86 bits per heavy atom. The average molecular weight is 400 g/mol. The Bertz CT molecular complexity index is 797. The second-order valence-corrected chi connectivity index (χ2v) is 7.50. The molecule has 4 rings (SSSR count). The third kappa shape index (κ3) is 5.27. The summed E-state index contributed by atoms with van der Waals surface area (Å²) in [6.07, 6.45) is 6.91. The van der Waals surface area contributed by atoms with Crippen LogP contribution in [0.3, 0.4) is 0 Å². The fourth-order valence-corrected chi connectivity index (χ4v) is 3.88. The van der Waals surface area contributed by atoms with Crippen molar-refractivity contribution in [1.29, 1.82) is 0 Å². The summed E-state index contributed by atoms with van der Waals surface area (Å²) in [6.45, 7) is 3.64. The van der Waals surface area contributed by atoms with E-state index < -0.39 is 0 Å². The van der Waals surface area contributed by atoms with Crippen molar-refractivity contribution < 1.29 is 18.7 Å². The minimum atomic E-state index is -0.297. The summed E-state index contributed by atoms with van der Waals surface area (Å²) in [6, 6.07) is 6.14. The molecular weight excluding hydrogens is 375 g/mol. The molecule has 2 aromatic rings. The predicted molar refractivity (Wildman–Crippen MR) is 104 cm³/mol. The molecule has 0 spiro atoms. The lowest BCUT2D eigenvalue weighted by Gasteiger charge is -2.42. The van der Waals surface area contributed by atoms with Gasteiger partial charge in [-0.25, -0.2) is 14.4 Å². The first-order valence-electron chi connectivity index (χ1n) is 9.93. The predicted octanol–water partition coefficient (Wildman–Crippen LogP) is 1.89. The number of hydrogen-bond acceptors (Lipinski definition) is 6. The second kappa shape index (κ2) is 9.28. The van der Waals surface area contributed by atoms with Crippen molar-refractivity contribution >= 4 is 5.91 Å². The molecule has 0 radical (unpaired) electrons. The first-order chi connectivity index (χ1) is 14.2. The van der Waals surface area contributed by atoms with Crippen molar-refractivity contribution in [2.75, 3.05) is 32.8 Å². The van der Waals surface area contributed by atoms with E-state index in [0.717, 1.165) is 38.0 Å². The molecule has 154 valence electrons. The maximum Gasteiger partial charge on any atom is 0.248 e. The number of halogens is 1. The van der Waals surface area contributed by atoms with E-state index in [1.807, 2.05) is 17.3 Å². The minimum absolute atomic E-state index is 0.0398. The highest BCUT2D eigenvalue weighted by atomic mass is 19.1. The highest BCUT2D eigenvalue weighted by molar-refractivity contribution is 5.78. The number of carbonyl (C=O) groups is 1. The number of hydrogen-bond donors (Lipinski definition) is 0. The largest absolute Gasteiger partial charge is 0.491 e. The molecule has 0 unspecified atom stereocenters. The van der Waals surface area contributed by atoms with Crippen LogP contribution >= 0.6 is 0 Å². The van der Waals surface area contributed by atoms with Crippen molar-refractivity contribution in [2.24, 2.45) is 0 Å². The summed E-state index contributed by atoms with van der Waals surface area (Å²) in [5.74, 6) is 0.337. The van der Waals surface area contributed by atoms with E-state index in [4.69, 9.17) is 9.47 Å². The number of ether oxygens (including phenoxy) is 2. The van der Waals surface area contributed by atoms with Crippen LogP contribution in [0.15, 0.2) is 43.0 Å². The van der Waals surface area contributed by atoms with Crippen LogP contribution in [0.5, 0.6) is 5.75 Å². The van der Waals surface area contributed by atoms with Crippen molar-refractivity contribution in [3.8, 4) is 5.75 Å². The number of carbonyl (C=O) groups excluding carboxylic acids is 1. The molecule has 0 N–H and O–H groups in total. The fourth-order valence-electron chi connectivity index (χ4n) is 3.88. The third-order valence-electron chi connectivity index (χ3n) is 5.43. The highest BCUT2D eigenvalue weighted by Crippen LogP contribution is 2.22. The van der Waals surface area contributed by atoms with Gasteiger partial charge in [-0.1, -0.05) is 0 Å². The monoisotopic (exact) mass is 400 g/mol. The van der Waals surface area contributed by atoms with Gasteiger partial charge < -0.3 is 14.4 Å². The number of piperidine rings is 1. The van der Waals surface area contributed by atoms with E-state index in [9.17, 15) is 9.18 Å². The van der Waals surface area contributed by atoms with Crippen LogP contribution in [0.4, 0.5) is 4.39 Å². The Labute approximate surface area is 169 Å². The fraction of sp³-hybridized carbons (Fsp3) is 0.476. The van der Waals surface area contributed by atoms with Crippen LogP contribution in [0.25, 0.3) is 0 Å². The Balaban J connectivity index is 1.26. The van der Waals surface area contributed by atoms with Crippen molar-refractivity contribution in [1.82, 2.24) is 19.8 Å². The Kier molecular flexibility index (Phi) is 6.31. The lowest BCUT2D eigenvalue weighted by atomic mass is 10.0. The molecular formula is C21H25FN4O3. The molecule has 1 atom stereocenters. The van der Waals surface area contributed by atoms with Gasteiger partial charge in [0.05, 0.1) is 6.54 Å². The smallest absolute Gasteiger partial charge is 0.248 e. The summed E-state index contributed by atoms with van der Waals surface area (Å²) < 4.78 is 24.3. The van der Waals surface area contributed by atoms with Crippen LogP contribution in [-0.4, -0.2) is 70.7 Å². The summed E-state index contributed by atoms with van der Waals surface area (Å²) in [7, 11) is 0. The number of benzene rings is 1. The number of rotatable bonds is 6. The van der Waals surface area contributed by atoms with Gasteiger partial charge in [0.25, 0.3) is 0 Å². The number of aromatic nitrogens is 2. The van der Waals surface area contributed by atoms with Crippen molar-refractivity contribution in [2.45, 2.75) is 31.5 Å². The van der Waals surface area contributed by atoms with E-state index in [1.165, 1.54) is 18.5 Å². The molecule has 0 bridgehead atoms. The van der Waals surface area contributed by atoms with Gasteiger partial charge in [-0.15, -0.1) is 0 Å². The summed E-state index contributed by atoms with van der Waals surface area (Å²) in [4.78, 5) is 24.9. The van der Waals surface area contributed by atoms with Gasteiger partial charge in [0.15, 0.2) is 0 Å². The molecule has 2 saturated heterocycles. The van der Waals surface area contributed by atoms with Crippen molar-refractivity contribution in [3.63, 3.8) is 0 Å². The van der Waals surface area contributed by atoms with Gasteiger partial charge in [-0.05, 0) is 37.1 Å². The van der Waals surface area contributed by atoms with Gasteiger partial charge in [-0.3, -0.25) is 9.69 Å². The van der Waals surface area contributed by atoms with Crippen LogP contribution in [0, 0.1) is 5.82 Å². The standard InChI is InChI=1S/C21H25FN4O3/c22-17-1-3-19(4-2-17)28-13-20-12-26(21(27)14-29-20)18-5-7-25(8-6-18)11-16-9-23-15-24-10-16/h1-4,9-10,15,18,20H,5-8,11-14H2/t20-/m0/s1. The maximum atomic E-state index is 13.0. The topological polar surface area (TPSA) is 67.8 Å². The zero-order valence-corrected chi connectivity index (χ0v) is 16.2. The molecule has 29 heavy (non-hydrogen) atoms. The Hall–Kier alpha value is -2.58. The second-order valence-electron chi connectivity index (χ2n) is 7.50. The maximum absolute atomic E-state index is 13.0. The van der Waals surface area contributed by atoms with E-state index in [1.54, 1.807) is 12.1 Å². The number of nitrogens with zero attached hydrogens (tertiary/aromatic N) is 4. The average Bonchev–Trinajstić information content (AvgIpc) is 2.76. The quantitative estimate of drug-likeness (QED) is 0.738. The summed E-state index contributed by atoms with van der Waals surface area (Å²) >= 11 is 0. The van der Waals surface area contributed by atoms with E-state index in [0.29, 0.717) is 18.9 Å². The summed E-state index contributed by atoms with van der Waals surface area (Å²) in [5, 5.41) is 0. The zero-order chi connectivity index (χ0) is 20.1. The SMILES string of the molecule is O=C1CO[C@H](COc2ccc(F)cc2)CN1C1CCN(Cc2cncnc2)CC1. The minimum Gasteiger partial charge on any atom is -0.491 e. The molecule has 3 heterocycles. The molecule has 0 saturated carbocycles. The van der Waals surface area contributed by atoms with E-state index in [-0.39, 0.29) is 30.5 Å². The first kappa shape index (κ1) is 19.7. The van der Waals surface area contributed by atoms with Gasteiger partial charge in [0.2, 0.25) is 5.91 Å².